The molecule has 2 nitrogen and oxygen atoms in total. The van der Waals surface area contributed by atoms with Crippen molar-refractivity contribution in [3.8, 4) is 6.07 Å². The van der Waals surface area contributed by atoms with Crippen LogP contribution >= 0.6 is 0 Å². The molecule has 84 valence electrons. The molecule has 0 heterocycles. The highest BCUT2D eigenvalue weighted by Crippen LogP contribution is 2.51. The quantitative estimate of drug-likeness (QED) is 0.833. The standard InChI is InChI=1S/C14H18N2/c1-11(2)14(7-8-14)10-16-13-5-3-12(9-15)4-6-13/h3-6,11,16H,7-8,10H2,1-2H3. The molecule has 0 amide bonds. The zero-order valence-corrected chi connectivity index (χ0v) is 9.96. The number of nitriles is 1. The van der Waals surface area contributed by atoms with Crippen LogP contribution < -0.4 is 5.32 Å². The van der Waals surface area contributed by atoms with E-state index in [-0.39, 0.29) is 0 Å². The predicted molar refractivity (Wildman–Crippen MR) is 66.2 cm³/mol. The van der Waals surface area contributed by atoms with Gasteiger partial charge in [0.25, 0.3) is 0 Å². The molecule has 2 heteroatoms. The van der Waals surface area contributed by atoms with Gasteiger partial charge < -0.3 is 5.32 Å². The molecule has 1 aromatic rings. The second-order valence-electron chi connectivity index (χ2n) is 5.06. The lowest BCUT2D eigenvalue weighted by Crippen LogP contribution is -2.20. The highest BCUT2D eigenvalue weighted by molar-refractivity contribution is 5.47. The molecule has 0 aromatic heterocycles. The van der Waals surface area contributed by atoms with Crippen molar-refractivity contribution in [2.24, 2.45) is 11.3 Å². The molecule has 0 spiro atoms. The molecular weight excluding hydrogens is 196 g/mol. The summed E-state index contributed by atoms with van der Waals surface area (Å²) in [5.41, 5.74) is 2.36. The molecule has 1 aliphatic carbocycles. The molecule has 16 heavy (non-hydrogen) atoms. The van der Waals surface area contributed by atoms with Crippen molar-refractivity contribution >= 4 is 5.69 Å². The van der Waals surface area contributed by atoms with E-state index in [1.165, 1.54) is 12.8 Å². The van der Waals surface area contributed by atoms with Gasteiger partial charge in [0.15, 0.2) is 0 Å². The van der Waals surface area contributed by atoms with Crippen molar-refractivity contribution in [1.29, 1.82) is 5.26 Å². The van der Waals surface area contributed by atoms with Gasteiger partial charge in [0, 0.05) is 12.2 Å². The number of rotatable bonds is 4. The first-order chi connectivity index (χ1) is 7.66. The van der Waals surface area contributed by atoms with Crippen molar-refractivity contribution in [3.63, 3.8) is 0 Å². The highest BCUT2D eigenvalue weighted by atomic mass is 14.9. The summed E-state index contributed by atoms with van der Waals surface area (Å²) in [6.45, 7) is 5.65. The Hall–Kier alpha value is -1.49. The van der Waals surface area contributed by atoms with Crippen LogP contribution in [0.1, 0.15) is 32.3 Å². The molecule has 1 N–H and O–H groups in total. The van der Waals surface area contributed by atoms with E-state index in [1.807, 2.05) is 24.3 Å². The summed E-state index contributed by atoms with van der Waals surface area (Å²) in [5, 5.41) is 12.2. The van der Waals surface area contributed by atoms with E-state index >= 15 is 0 Å². The van der Waals surface area contributed by atoms with E-state index in [0.717, 1.165) is 23.7 Å². The third kappa shape index (κ3) is 2.19. The Kier molecular flexibility index (Phi) is 2.87. The van der Waals surface area contributed by atoms with Crippen LogP contribution in [-0.2, 0) is 0 Å². The largest absolute Gasteiger partial charge is 0.384 e. The second-order valence-corrected chi connectivity index (χ2v) is 5.06. The van der Waals surface area contributed by atoms with Crippen LogP contribution in [0.4, 0.5) is 5.69 Å². The molecule has 0 unspecified atom stereocenters. The molecule has 0 saturated heterocycles. The van der Waals surface area contributed by atoms with Crippen LogP contribution in [0.25, 0.3) is 0 Å². The van der Waals surface area contributed by atoms with E-state index in [2.05, 4.69) is 25.2 Å². The lowest BCUT2D eigenvalue weighted by Gasteiger charge is -2.20. The van der Waals surface area contributed by atoms with Gasteiger partial charge in [0.2, 0.25) is 0 Å². The van der Waals surface area contributed by atoms with E-state index in [0.29, 0.717) is 5.41 Å². The average Bonchev–Trinajstić information content (AvgIpc) is 3.08. The maximum absolute atomic E-state index is 8.70. The van der Waals surface area contributed by atoms with Crippen LogP contribution in [0.15, 0.2) is 24.3 Å². The summed E-state index contributed by atoms with van der Waals surface area (Å²) < 4.78 is 0. The maximum atomic E-state index is 8.70. The number of nitrogens with one attached hydrogen (secondary N) is 1. The maximum Gasteiger partial charge on any atom is 0.0991 e. The van der Waals surface area contributed by atoms with Gasteiger partial charge in [-0.2, -0.15) is 5.26 Å². The summed E-state index contributed by atoms with van der Waals surface area (Å²) in [6.07, 6.45) is 2.68. The minimum Gasteiger partial charge on any atom is -0.384 e. The Morgan fingerprint density at radius 3 is 2.38 bits per heavy atom. The number of hydrogen-bond donors (Lipinski definition) is 1. The third-order valence-electron chi connectivity index (χ3n) is 3.78. The zero-order valence-electron chi connectivity index (χ0n) is 9.96. The molecule has 0 aliphatic heterocycles. The fraction of sp³-hybridized carbons (Fsp3) is 0.500. The van der Waals surface area contributed by atoms with Crippen molar-refractivity contribution in [1.82, 2.24) is 0 Å². The van der Waals surface area contributed by atoms with E-state index in [4.69, 9.17) is 5.26 Å². The van der Waals surface area contributed by atoms with Gasteiger partial charge in [-0.3, -0.25) is 0 Å². The minimum absolute atomic E-state index is 0.522. The Bertz CT molecular complexity index is 394. The van der Waals surface area contributed by atoms with Gasteiger partial charge in [-0.05, 0) is 48.4 Å². The fourth-order valence-corrected chi connectivity index (χ4v) is 2.06. The number of hydrogen-bond acceptors (Lipinski definition) is 2. The average molecular weight is 214 g/mol. The molecule has 1 saturated carbocycles. The molecular formula is C14H18N2. The van der Waals surface area contributed by atoms with Crippen LogP contribution in [0.5, 0.6) is 0 Å². The second kappa shape index (κ2) is 4.17. The van der Waals surface area contributed by atoms with Crippen molar-refractivity contribution in [2.75, 3.05) is 11.9 Å². The van der Waals surface area contributed by atoms with Crippen molar-refractivity contribution < 1.29 is 0 Å². The molecule has 0 atom stereocenters. The first-order valence-electron chi connectivity index (χ1n) is 5.90. The molecule has 1 aromatic carbocycles. The van der Waals surface area contributed by atoms with Gasteiger partial charge >= 0.3 is 0 Å². The minimum atomic E-state index is 0.522. The molecule has 0 bridgehead atoms. The lowest BCUT2D eigenvalue weighted by molar-refractivity contribution is 0.380. The lowest BCUT2D eigenvalue weighted by atomic mass is 9.92. The molecule has 0 radical (unpaired) electrons. The summed E-state index contributed by atoms with van der Waals surface area (Å²) >= 11 is 0. The smallest absolute Gasteiger partial charge is 0.0991 e. The normalized spacial score (nSPS) is 16.9. The van der Waals surface area contributed by atoms with Crippen LogP contribution in [0.2, 0.25) is 0 Å². The van der Waals surface area contributed by atoms with Crippen LogP contribution in [0.3, 0.4) is 0 Å². The fourth-order valence-electron chi connectivity index (χ4n) is 2.06. The summed E-state index contributed by atoms with van der Waals surface area (Å²) in [5.74, 6) is 0.749. The zero-order chi connectivity index (χ0) is 11.6. The Balaban J connectivity index is 1.93. The molecule has 1 fully saturated rings. The molecule has 1 aliphatic rings. The van der Waals surface area contributed by atoms with Gasteiger partial charge in [0.1, 0.15) is 0 Å². The van der Waals surface area contributed by atoms with Gasteiger partial charge in [0.05, 0.1) is 11.6 Å². The summed E-state index contributed by atoms with van der Waals surface area (Å²) in [4.78, 5) is 0. The predicted octanol–water partition coefficient (Wildman–Crippen LogP) is 3.41. The topological polar surface area (TPSA) is 35.8 Å². The number of anilines is 1. The third-order valence-corrected chi connectivity index (χ3v) is 3.78. The first kappa shape index (κ1) is 11.0. The van der Waals surface area contributed by atoms with Gasteiger partial charge in [-0.25, -0.2) is 0 Å². The van der Waals surface area contributed by atoms with E-state index < -0.39 is 0 Å². The van der Waals surface area contributed by atoms with Gasteiger partial charge in [-0.1, -0.05) is 13.8 Å². The van der Waals surface area contributed by atoms with Crippen molar-refractivity contribution in [3.05, 3.63) is 29.8 Å². The molecule has 2 rings (SSSR count). The van der Waals surface area contributed by atoms with Crippen molar-refractivity contribution in [2.45, 2.75) is 26.7 Å². The first-order valence-corrected chi connectivity index (χ1v) is 5.90. The van der Waals surface area contributed by atoms with Gasteiger partial charge in [-0.15, -0.1) is 0 Å². The van der Waals surface area contributed by atoms with Crippen LogP contribution in [-0.4, -0.2) is 6.54 Å². The number of benzene rings is 1. The monoisotopic (exact) mass is 214 g/mol. The highest BCUT2D eigenvalue weighted by Gasteiger charge is 2.44. The SMILES string of the molecule is CC(C)C1(CNc2ccc(C#N)cc2)CC1. The summed E-state index contributed by atoms with van der Waals surface area (Å²) in [7, 11) is 0. The summed E-state index contributed by atoms with van der Waals surface area (Å²) in [6, 6.07) is 9.81. The Morgan fingerprint density at radius 1 is 1.31 bits per heavy atom. The van der Waals surface area contributed by atoms with Crippen LogP contribution in [0, 0.1) is 22.7 Å². The van der Waals surface area contributed by atoms with E-state index in [1.54, 1.807) is 0 Å². The van der Waals surface area contributed by atoms with E-state index in [9.17, 15) is 0 Å². The Labute approximate surface area is 97.3 Å². The Morgan fingerprint density at radius 2 is 1.94 bits per heavy atom. The number of nitrogens with zero attached hydrogens (tertiary/aromatic N) is 1.